The van der Waals surface area contributed by atoms with Gasteiger partial charge in [0.1, 0.15) is 17.9 Å². The summed E-state index contributed by atoms with van der Waals surface area (Å²) in [6, 6.07) is 4.42. The standard InChI is InChI=1S/C34H53FN8O3.C4H4O4/c1-9-43(24(4)5)33(45)27-17-26(35)12-13-29(27)46-32-30(37-22-38-39-32)41-16-14-34(19-41)20-42(21-34)28(23(2)3)11-10-15-40(8)18-25(6)31(44)36-7;5-3(6)1-2-4(7)8/h12-13,17,22-25,28H,9-11,14-16,18-21H2,1-8H3,(H,36,44);1-2H,(H,5,6)(H,7,8)/b;2-1+. The summed E-state index contributed by atoms with van der Waals surface area (Å²) in [5.74, 6) is -1.70. The molecule has 0 radical (unpaired) electrons. The largest absolute Gasteiger partial charge is 0.478 e. The third kappa shape index (κ3) is 12.2. The highest BCUT2D eigenvalue weighted by Gasteiger charge is 2.50. The van der Waals surface area contributed by atoms with Gasteiger partial charge in [0.15, 0.2) is 5.82 Å². The number of benzene rings is 1. The second-order valence-corrected chi connectivity index (χ2v) is 14.8. The van der Waals surface area contributed by atoms with Gasteiger partial charge in [0.25, 0.3) is 11.8 Å². The molecule has 0 saturated carbocycles. The quantitative estimate of drug-likeness (QED) is 0.197. The molecule has 298 valence electrons. The SMILES string of the molecule is CCN(C(=O)c1cc(F)ccc1Oc1nncnc1N1CCC2(C1)CN(C(CCCN(C)CC(C)C(=O)NC)C(C)C)C2)C(C)C.O=C(O)/C=C/C(=O)O. The monoisotopic (exact) mass is 756 g/mol. The second-order valence-electron chi connectivity index (χ2n) is 14.8. The van der Waals surface area contributed by atoms with E-state index in [0.717, 1.165) is 58.5 Å². The van der Waals surface area contributed by atoms with Gasteiger partial charge >= 0.3 is 11.9 Å². The zero-order valence-corrected chi connectivity index (χ0v) is 32.8. The first-order chi connectivity index (χ1) is 25.5. The fourth-order valence-electron chi connectivity index (χ4n) is 7.26. The van der Waals surface area contributed by atoms with Crippen molar-refractivity contribution in [1.29, 1.82) is 0 Å². The maximum Gasteiger partial charge on any atom is 0.328 e. The van der Waals surface area contributed by atoms with Crippen molar-refractivity contribution in [2.24, 2.45) is 17.3 Å². The summed E-state index contributed by atoms with van der Waals surface area (Å²) < 4.78 is 20.5. The van der Waals surface area contributed by atoms with Gasteiger partial charge in [-0.05, 0) is 77.7 Å². The van der Waals surface area contributed by atoms with Crippen LogP contribution >= 0.6 is 0 Å². The number of rotatable bonds is 17. The van der Waals surface area contributed by atoms with E-state index in [-0.39, 0.29) is 46.4 Å². The maximum absolute atomic E-state index is 14.3. The average Bonchev–Trinajstić information content (AvgIpc) is 3.55. The summed E-state index contributed by atoms with van der Waals surface area (Å²) in [4.78, 5) is 57.7. The van der Waals surface area contributed by atoms with Crippen LogP contribution in [0.25, 0.3) is 0 Å². The molecule has 2 saturated heterocycles. The molecule has 0 bridgehead atoms. The summed E-state index contributed by atoms with van der Waals surface area (Å²) >= 11 is 0. The van der Waals surface area contributed by atoms with Crippen molar-refractivity contribution >= 4 is 29.6 Å². The van der Waals surface area contributed by atoms with Gasteiger partial charge in [-0.25, -0.2) is 19.0 Å². The number of carboxylic acids is 2. The summed E-state index contributed by atoms with van der Waals surface area (Å²) in [7, 11) is 3.78. The van der Waals surface area contributed by atoms with E-state index in [4.69, 9.17) is 14.9 Å². The highest BCUT2D eigenvalue weighted by atomic mass is 19.1. The lowest BCUT2D eigenvalue weighted by Gasteiger charge is -2.53. The molecule has 3 heterocycles. The Labute approximate surface area is 317 Å². The van der Waals surface area contributed by atoms with Crippen molar-refractivity contribution in [2.75, 3.05) is 64.8 Å². The van der Waals surface area contributed by atoms with Crippen LogP contribution in [0.2, 0.25) is 0 Å². The lowest BCUT2D eigenvalue weighted by Crippen LogP contribution is -2.62. The fourth-order valence-corrected chi connectivity index (χ4v) is 7.26. The molecule has 1 aromatic heterocycles. The number of aromatic nitrogens is 3. The number of halogens is 1. The number of anilines is 1. The Bertz CT molecular complexity index is 1600. The van der Waals surface area contributed by atoms with Crippen LogP contribution in [0.5, 0.6) is 11.6 Å². The van der Waals surface area contributed by atoms with Crippen LogP contribution in [0.1, 0.15) is 71.2 Å². The van der Waals surface area contributed by atoms with Gasteiger partial charge in [-0.1, -0.05) is 20.8 Å². The second kappa shape index (κ2) is 20.1. The van der Waals surface area contributed by atoms with Crippen LogP contribution in [-0.4, -0.2) is 136 Å². The zero-order chi connectivity index (χ0) is 40.2. The summed E-state index contributed by atoms with van der Waals surface area (Å²) in [6.45, 7) is 18.3. The Morgan fingerprint density at radius 1 is 1.07 bits per heavy atom. The number of likely N-dealkylation sites (tertiary alicyclic amines) is 1. The predicted molar refractivity (Wildman–Crippen MR) is 202 cm³/mol. The summed E-state index contributed by atoms with van der Waals surface area (Å²) in [6.07, 6.45) is 5.78. The van der Waals surface area contributed by atoms with Gasteiger partial charge < -0.3 is 35.0 Å². The number of ether oxygens (including phenoxy) is 1. The van der Waals surface area contributed by atoms with Gasteiger partial charge in [0.2, 0.25) is 5.91 Å². The smallest absolute Gasteiger partial charge is 0.328 e. The molecule has 15 nitrogen and oxygen atoms in total. The highest BCUT2D eigenvalue weighted by Crippen LogP contribution is 2.44. The molecule has 1 aromatic carbocycles. The van der Waals surface area contributed by atoms with Crippen LogP contribution in [0.15, 0.2) is 36.7 Å². The highest BCUT2D eigenvalue weighted by molar-refractivity contribution is 5.97. The average molecular weight is 757 g/mol. The number of hydrogen-bond donors (Lipinski definition) is 3. The van der Waals surface area contributed by atoms with Crippen LogP contribution in [-0.2, 0) is 14.4 Å². The molecule has 2 atom stereocenters. The minimum Gasteiger partial charge on any atom is -0.478 e. The molecule has 2 fully saturated rings. The topological polar surface area (TPSA) is 182 Å². The van der Waals surface area contributed by atoms with Gasteiger partial charge in [-0.3, -0.25) is 14.5 Å². The van der Waals surface area contributed by atoms with E-state index in [1.165, 1.54) is 24.5 Å². The van der Waals surface area contributed by atoms with E-state index in [9.17, 15) is 23.6 Å². The Balaban J connectivity index is 0.000000879. The molecule has 2 aliphatic rings. The lowest BCUT2D eigenvalue weighted by molar-refractivity contribution is -0.134. The number of hydrogen-bond acceptors (Lipinski definition) is 11. The Morgan fingerprint density at radius 2 is 1.74 bits per heavy atom. The number of nitrogens with one attached hydrogen (secondary N) is 1. The van der Waals surface area contributed by atoms with Crippen molar-refractivity contribution in [3.05, 3.63) is 48.1 Å². The molecule has 0 aliphatic carbocycles. The van der Waals surface area contributed by atoms with Crippen molar-refractivity contribution in [1.82, 2.24) is 35.2 Å². The number of carboxylic acid groups (broad SMARTS) is 2. The van der Waals surface area contributed by atoms with Crippen molar-refractivity contribution in [2.45, 2.75) is 72.9 Å². The summed E-state index contributed by atoms with van der Waals surface area (Å²) in [5, 5.41) is 26.6. The van der Waals surface area contributed by atoms with Crippen LogP contribution in [0.3, 0.4) is 0 Å². The van der Waals surface area contributed by atoms with Crippen molar-refractivity contribution in [3.8, 4) is 11.6 Å². The molecule has 16 heteroatoms. The third-order valence-corrected chi connectivity index (χ3v) is 9.92. The third-order valence-electron chi connectivity index (χ3n) is 9.92. The fraction of sp³-hybridized carbons (Fsp3) is 0.605. The first-order valence-corrected chi connectivity index (χ1v) is 18.5. The number of carbonyl (C=O) groups is 4. The molecular formula is C38H57FN8O7. The Kier molecular flexibility index (Phi) is 16.3. The van der Waals surface area contributed by atoms with E-state index in [1.807, 2.05) is 27.7 Å². The Morgan fingerprint density at radius 3 is 2.31 bits per heavy atom. The molecule has 1 spiro atoms. The molecular weight excluding hydrogens is 699 g/mol. The molecule has 2 amide bonds. The number of aliphatic carboxylic acids is 2. The van der Waals surface area contributed by atoms with Gasteiger partial charge in [0.05, 0.1) is 5.56 Å². The zero-order valence-electron chi connectivity index (χ0n) is 32.8. The number of carbonyl (C=O) groups excluding carboxylic acids is 2. The van der Waals surface area contributed by atoms with Crippen LogP contribution in [0.4, 0.5) is 10.2 Å². The number of amides is 2. The van der Waals surface area contributed by atoms with Gasteiger partial charge in [-0.2, -0.15) is 0 Å². The lowest BCUT2D eigenvalue weighted by atomic mass is 9.76. The predicted octanol–water partition coefficient (Wildman–Crippen LogP) is 4.02. The van der Waals surface area contributed by atoms with Crippen molar-refractivity contribution < 1.29 is 38.5 Å². The van der Waals surface area contributed by atoms with E-state index < -0.39 is 17.8 Å². The maximum atomic E-state index is 14.3. The number of nitrogens with zero attached hydrogens (tertiary/aromatic N) is 7. The normalized spacial score (nSPS) is 16.3. The van der Waals surface area contributed by atoms with Gasteiger partial charge in [0, 0.05) is 81.9 Å². The molecule has 2 unspecified atom stereocenters. The molecule has 54 heavy (non-hydrogen) atoms. The molecule has 4 rings (SSSR count). The molecule has 2 aliphatic heterocycles. The first kappa shape index (κ1) is 43.7. The van der Waals surface area contributed by atoms with E-state index in [0.29, 0.717) is 36.5 Å². The molecule has 2 aromatic rings. The van der Waals surface area contributed by atoms with Crippen molar-refractivity contribution in [3.63, 3.8) is 0 Å². The van der Waals surface area contributed by atoms with E-state index in [1.54, 1.807) is 11.9 Å². The minimum absolute atomic E-state index is 0.0241. The Hall–Kier alpha value is -4.70. The van der Waals surface area contributed by atoms with Crippen LogP contribution < -0.4 is 15.0 Å². The minimum atomic E-state index is -1.26. The van der Waals surface area contributed by atoms with E-state index >= 15 is 0 Å². The van der Waals surface area contributed by atoms with E-state index in [2.05, 4.69) is 56.1 Å². The summed E-state index contributed by atoms with van der Waals surface area (Å²) in [5.41, 5.74) is 0.317. The van der Waals surface area contributed by atoms with Crippen LogP contribution in [0, 0.1) is 23.1 Å². The molecule has 3 N–H and O–H groups in total. The van der Waals surface area contributed by atoms with Gasteiger partial charge in [-0.15, -0.1) is 10.2 Å². The first-order valence-electron chi connectivity index (χ1n) is 18.5.